The lowest BCUT2D eigenvalue weighted by Gasteiger charge is -2.21. The van der Waals surface area contributed by atoms with Gasteiger partial charge in [-0.15, -0.1) is 11.8 Å². The molecule has 0 atom stereocenters. The predicted molar refractivity (Wildman–Crippen MR) is 77.6 cm³/mol. The lowest BCUT2D eigenvalue weighted by atomic mass is 10.00. The van der Waals surface area contributed by atoms with Gasteiger partial charge in [0.1, 0.15) is 11.5 Å². The standard InChI is InChI=1S/C15H16O2S/c1-10(16-3)7-15-11(2)14-6-5-13(17-4)8-12(14)9-18-15/h5-8H,1-2,9H2,3-4H3/b15-7+. The van der Waals surface area contributed by atoms with Crippen molar-refractivity contribution in [3.63, 3.8) is 0 Å². The Morgan fingerprint density at radius 2 is 2.17 bits per heavy atom. The average Bonchev–Trinajstić information content (AvgIpc) is 2.41. The zero-order chi connectivity index (χ0) is 13.1. The minimum atomic E-state index is 0.649. The number of allylic oxidation sites excluding steroid dienone is 2. The van der Waals surface area contributed by atoms with Gasteiger partial charge in [0.05, 0.1) is 14.2 Å². The predicted octanol–water partition coefficient (Wildman–Crippen LogP) is 4.00. The van der Waals surface area contributed by atoms with Crippen molar-refractivity contribution >= 4 is 17.3 Å². The Morgan fingerprint density at radius 1 is 1.39 bits per heavy atom. The Kier molecular flexibility index (Phi) is 3.82. The molecule has 0 N–H and O–H groups in total. The fourth-order valence-corrected chi connectivity index (χ4v) is 2.87. The smallest absolute Gasteiger partial charge is 0.119 e. The summed E-state index contributed by atoms with van der Waals surface area (Å²) in [6, 6.07) is 6.08. The highest BCUT2D eigenvalue weighted by Crippen LogP contribution is 2.42. The second-order valence-electron chi connectivity index (χ2n) is 3.97. The number of methoxy groups -OCH3 is 2. The van der Waals surface area contributed by atoms with Crippen molar-refractivity contribution in [2.24, 2.45) is 0 Å². The van der Waals surface area contributed by atoms with Crippen LogP contribution in [0.4, 0.5) is 0 Å². The molecule has 1 aliphatic heterocycles. The number of benzene rings is 1. The third-order valence-electron chi connectivity index (χ3n) is 2.87. The van der Waals surface area contributed by atoms with Gasteiger partial charge in [0.25, 0.3) is 0 Å². The zero-order valence-corrected chi connectivity index (χ0v) is 11.5. The van der Waals surface area contributed by atoms with E-state index in [9.17, 15) is 0 Å². The van der Waals surface area contributed by atoms with Gasteiger partial charge in [-0.1, -0.05) is 19.2 Å². The molecule has 0 bridgehead atoms. The molecule has 0 radical (unpaired) electrons. The largest absolute Gasteiger partial charge is 0.497 e. The summed E-state index contributed by atoms with van der Waals surface area (Å²) in [6.45, 7) is 7.97. The molecule has 2 rings (SSSR count). The molecule has 0 saturated heterocycles. The number of hydrogen-bond donors (Lipinski definition) is 0. The van der Waals surface area contributed by atoms with Gasteiger partial charge in [-0.3, -0.25) is 0 Å². The van der Waals surface area contributed by atoms with Crippen LogP contribution in [0.15, 0.2) is 48.1 Å². The molecule has 0 saturated carbocycles. The van der Waals surface area contributed by atoms with Crippen molar-refractivity contribution in [1.29, 1.82) is 0 Å². The average molecular weight is 260 g/mol. The molecule has 0 fully saturated rings. The van der Waals surface area contributed by atoms with Crippen molar-refractivity contribution in [2.75, 3.05) is 14.2 Å². The SMILES string of the molecule is C=C(/C=C1/SCc2cc(OC)ccc2C1=C)OC. The number of ether oxygens (including phenoxy) is 2. The van der Waals surface area contributed by atoms with Gasteiger partial charge in [-0.2, -0.15) is 0 Å². The van der Waals surface area contributed by atoms with Crippen LogP contribution >= 0.6 is 11.8 Å². The van der Waals surface area contributed by atoms with E-state index in [1.165, 1.54) is 11.1 Å². The van der Waals surface area contributed by atoms with Gasteiger partial charge in [-0.25, -0.2) is 0 Å². The Balaban J connectivity index is 2.34. The molecule has 0 aromatic heterocycles. The van der Waals surface area contributed by atoms with Crippen LogP contribution in [-0.2, 0) is 10.5 Å². The maximum atomic E-state index is 5.24. The van der Waals surface area contributed by atoms with Gasteiger partial charge in [-0.05, 0) is 34.9 Å². The van der Waals surface area contributed by atoms with Crippen LogP contribution in [0.1, 0.15) is 11.1 Å². The van der Waals surface area contributed by atoms with Gasteiger partial charge < -0.3 is 9.47 Å². The maximum absolute atomic E-state index is 5.24. The molecule has 0 unspecified atom stereocenters. The Labute approximate surface area is 112 Å². The normalized spacial score (nSPS) is 16.3. The summed E-state index contributed by atoms with van der Waals surface area (Å²) in [6.07, 6.45) is 1.93. The molecule has 3 heteroatoms. The van der Waals surface area contributed by atoms with Crippen molar-refractivity contribution in [1.82, 2.24) is 0 Å². The minimum Gasteiger partial charge on any atom is -0.497 e. The summed E-state index contributed by atoms with van der Waals surface area (Å²) in [4.78, 5) is 1.11. The van der Waals surface area contributed by atoms with Crippen molar-refractivity contribution in [3.8, 4) is 5.75 Å². The van der Waals surface area contributed by atoms with E-state index < -0.39 is 0 Å². The van der Waals surface area contributed by atoms with Crippen LogP contribution in [0, 0.1) is 0 Å². The third-order valence-corrected chi connectivity index (χ3v) is 4.00. The summed E-state index contributed by atoms with van der Waals surface area (Å²) in [5.74, 6) is 2.44. The van der Waals surface area contributed by atoms with Crippen molar-refractivity contribution in [3.05, 3.63) is 59.2 Å². The summed E-state index contributed by atoms with van der Waals surface area (Å²) >= 11 is 1.74. The van der Waals surface area contributed by atoms with E-state index in [0.717, 1.165) is 22.0 Å². The van der Waals surface area contributed by atoms with Crippen LogP contribution in [0.2, 0.25) is 0 Å². The highest BCUT2D eigenvalue weighted by molar-refractivity contribution is 8.03. The van der Waals surface area contributed by atoms with E-state index in [4.69, 9.17) is 9.47 Å². The van der Waals surface area contributed by atoms with Gasteiger partial charge in [0.2, 0.25) is 0 Å². The fraction of sp³-hybridized carbons (Fsp3) is 0.200. The minimum absolute atomic E-state index is 0.649. The quantitative estimate of drug-likeness (QED) is 0.765. The second-order valence-corrected chi connectivity index (χ2v) is 4.99. The van der Waals surface area contributed by atoms with E-state index in [2.05, 4.69) is 25.3 Å². The van der Waals surface area contributed by atoms with Crippen LogP contribution in [0.5, 0.6) is 5.75 Å². The lowest BCUT2D eigenvalue weighted by molar-refractivity contribution is 0.309. The Hall–Kier alpha value is -1.61. The molecular weight excluding hydrogens is 244 g/mol. The number of hydrogen-bond acceptors (Lipinski definition) is 3. The van der Waals surface area contributed by atoms with E-state index in [-0.39, 0.29) is 0 Å². The third kappa shape index (κ3) is 2.46. The van der Waals surface area contributed by atoms with Crippen molar-refractivity contribution in [2.45, 2.75) is 5.75 Å². The number of thioether (sulfide) groups is 1. The van der Waals surface area contributed by atoms with E-state index in [1.807, 2.05) is 12.1 Å². The highest BCUT2D eigenvalue weighted by atomic mass is 32.2. The second kappa shape index (κ2) is 5.36. The molecular formula is C15H16O2S. The molecule has 1 aromatic carbocycles. The van der Waals surface area contributed by atoms with Crippen LogP contribution < -0.4 is 4.74 Å². The molecule has 2 nitrogen and oxygen atoms in total. The molecule has 1 aliphatic rings. The van der Waals surface area contributed by atoms with E-state index in [0.29, 0.717) is 5.76 Å². The topological polar surface area (TPSA) is 18.5 Å². The monoisotopic (exact) mass is 260 g/mol. The summed E-state index contributed by atoms with van der Waals surface area (Å²) in [7, 11) is 3.30. The first kappa shape index (κ1) is 12.8. The van der Waals surface area contributed by atoms with E-state index >= 15 is 0 Å². The number of fused-ring (bicyclic) bond motifs is 1. The van der Waals surface area contributed by atoms with Gasteiger partial charge in [0.15, 0.2) is 0 Å². The molecule has 0 aliphatic carbocycles. The molecule has 1 aromatic rings. The fourth-order valence-electron chi connectivity index (χ4n) is 1.82. The van der Waals surface area contributed by atoms with Crippen LogP contribution in [0.25, 0.3) is 5.57 Å². The summed E-state index contributed by atoms with van der Waals surface area (Å²) in [5, 5.41) is 0. The Bertz CT molecular complexity index is 529. The highest BCUT2D eigenvalue weighted by Gasteiger charge is 2.18. The molecule has 18 heavy (non-hydrogen) atoms. The first-order chi connectivity index (χ1) is 8.65. The van der Waals surface area contributed by atoms with Gasteiger partial charge in [0, 0.05) is 10.7 Å². The molecule has 0 amide bonds. The Morgan fingerprint density at radius 3 is 2.83 bits per heavy atom. The first-order valence-corrected chi connectivity index (χ1v) is 6.58. The summed E-state index contributed by atoms with van der Waals surface area (Å²) < 4.78 is 10.3. The summed E-state index contributed by atoms with van der Waals surface area (Å²) in [5.41, 5.74) is 3.44. The zero-order valence-electron chi connectivity index (χ0n) is 10.7. The van der Waals surface area contributed by atoms with Gasteiger partial charge >= 0.3 is 0 Å². The van der Waals surface area contributed by atoms with Crippen LogP contribution in [-0.4, -0.2) is 14.2 Å². The van der Waals surface area contributed by atoms with Crippen LogP contribution in [0.3, 0.4) is 0 Å². The maximum Gasteiger partial charge on any atom is 0.119 e. The molecule has 94 valence electrons. The van der Waals surface area contributed by atoms with E-state index in [1.54, 1.807) is 26.0 Å². The lowest BCUT2D eigenvalue weighted by Crippen LogP contribution is -2.00. The number of rotatable bonds is 3. The molecule has 0 spiro atoms. The first-order valence-electron chi connectivity index (χ1n) is 5.59. The molecule has 1 heterocycles. The van der Waals surface area contributed by atoms with Crippen molar-refractivity contribution < 1.29 is 9.47 Å².